The Labute approximate surface area is 127 Å². The molecule has 108 valence electrons. The Kier molecular flexibility index (Phi) is 3.22. The van der Waals surface area contributed by atoms with Crippen molar-refractivity contribution in [2.24, 2.45) is 7.05 Å². The molecule has 0 amide bonds. The van der Waals surface area contributed by atoms with E-state index in [4.69, 9.17) is 17.3 Å². The number of anilines is 1. The fourth-order valence-electron chi connectivity index (χ4n) is 2.29. The van der Waals surface area contributed by atoms with Crippen LogP contribution in [-0.4, -0.2) is 19.6 Å². The first kappa shape index (κ1) is 13.7. The molecule has 0 aliphatic carbocycles. The molecule has 2 N–H and O–H groups in total. The zero-order valence-corrected chi connectivity index (χ0v) is 12.9. The lowest BCUT2D eigenvalue weighted by molar-refractivity contribution is 0.756. The summed E-state index contributed by atoms with van der Waals surface area (Å²) in [6.45, 7) is 3.91. The van der Waals surface area contributed by atoms with Gasteiger partial charge in [-0.05, 0) is 31.5 Å². The van der Waals surface area contributed by atoms with Gasteiger partial charge in [-0.3, -0.25) is 4.68 Å². The van der Waals surface area contributed by atoms with Gasteiger partial charge in [-0.1, -0.05) is 17.7 Å². The molecule has 0 saturated carbocycles. The lowest BCUT2D eigenvalue weighted by atomic mass is 10.2. The highest BCUT2D eigenvalue weighted by Crippen LogP contribution is 2.28. The summed E-state index contributed by atoms with van der Waals surface area (Å²) in [6.07, 6.45) is 3.71. The average molecular weight is 302 g/mol. The van der Waals surface area contributed by atoms with Gasteiger partial charge in [-0.15, -0.1) is 0 Å². The third kappa shape index (κ3) is 2.40. The molecule has 0 aliphatic heterocycles. The Balaban J connectivity index is 2.09. The van der Waals surface area contributed by atoms with E-state index in [0.29, 0.717) is 10.7 Å². The van der Waals surface area contributed by atoms with Gasteiger partial charge in [0.05, 0.1) is 23.3 Å². The maximum atomic E-state index is 6.17. The number of benzene rings is 1. The molecule has 0 fully saturated rings. The number of aryl methyl sites for hydroxylation is 3. The van der Waals surface area contributed by atoms with Gasteiger partial charge in [0.15, 0.2) is 0 Å². The molecule has 3 aromatic rings. The smallest absolute Gasteiger partial charge is 0.119 e. The number of halogens is 1. The van der Waals surface area contributed by atoms with Crippen LogP contribution in [0.1, 0.15) is 11.3 Å². The van der Waals surface area contributed by atoms with Gasteiger partial charge in [-0.2, -0.15) is 10.2 Å². The van der Waals surface area contributed by atoms with Crippen LogP contribution in [0.4, 0.5) is 5.69 Å². The second-order valence-corrected chi connectivity index (χ2v) is 5.52. The molecule has 1 aromatic carbocycles. The Morgan fingerprint density at radius 1 is 1.14 bits per heavy atom. The third-order valence-electron chi connectivity index (χ3n) is 3.43. The van der Waals surface area contributed by atoms with Crippen LogP contribution in [0.2, 0.25) is 5.02 Å². The topological polar surface area (TPSA) is 61.7 Å². The van der Waals surface area contributed by atoms with Crippen molar-refractivity contribution < 1.29 is 0 Å². The summed E-state index contributed by atoms with van der Waals surface area (Å²) in [5.74, 6) is 0. The van der Waals surface area contributed by atoms with E-state index < -0.39 is 0 Å². The maximum Gasteiger partial charge on any atom is 0.119 e. The summed E-state index contributed by atoms with van der Waals surface area (Å²) in [6, 6.07) is 5.81. The lowest BCUT2D eigenvalue weighted by Crippen LogP contribution is -1.95. The van der Waals surface area contributed by atoms with Crippen LogP contribution < -0.4 is 5.73 Å². The highest BCUT2D eigenvalue weighted by molar-refractivity contribution is 6.31. The number of nitrogen functional groups attached to an aromatic ring is 1. The molecule has 21 heavy (non-hydrogen) atoms. The van der Waals surface area contributed by atoms with Gasteiger partial charge in [0.25, 0.3) is 0 Å². The van der Waals surface area contributed by atoms with Gasteiger partial charge in [0, 0.05) is 23.8 Å². The predicted molar refractivity (Wildman–Crippen MR) is 84.7 cm³/mol. The van der Waals surface area contributed by atoms with Crippen molar-refractivity contribution in [1.82, 2.24) is 19.6 Å². The number of nitrogens with two attached hydrogens (primary N) is 1. The summed E-state index contributed by atoms with van der Waals surface area (Å²) in [7, 11) is 1.88. The van der Waals surface area contributed by atoms with E-state index in [9.17, 15) is 0 Å². The largest absolute Gasteiger partial charge is 0.396 e. The molecule has 0 unspecified atom stereocenters. The molecular formula is C15H16ClN5. The standard InChI is InChI=1S/C15H16ClN5/c1-9-4-5-11(6-13(9)16)21-8-14(17)15(19-21)12-7-20(3)18-10(12)2/h4-8H,17H2,1-3H3. The Morgan fingerprint density at radius 2 is 1.90 bits per heavy atom. The Bertz CT molecular complexity index is 816. The SMILES string of the molecule is Cc1ccc(-n2cc(N)c(-c3cn(C)nc3C)n2)cc1Cl. The van der Waals surface area contributed by atoms with Crippen molar-refractivity contribution in [2.45, 2.75) is 13.8 Å². The Hall–Kier alpha value is -2.27. The van der Waals surface area contributed by atoms with Crippen LogP contribution in [-0.2, 0) is 7.05 Å². The molecule has 0 aliphatic rings. The van der Waals surface area contributed by atoms with E-state index in [1.807, 2.05) is 45.3 Å². The molecule has 0 spiro atoms. The van der Waals surface area contributed by atoms with Crippen molar-refractivity contribution in [3.05, 3.63) is 46.9 Å². The second kappa shape index (κ2) is 4.93. The van der Waals surface area contributed by atoms with E-state index in [1.165, 1.54) is 0 Å². The van der Waals surface area contributed by atoms with Crippen LogP contribution in [0.3, 0.4) is 0 Å². The van der Waals surface area contributed by atoms with Crippen LogP contribution in [0.25, 0.3) is 16.9 Å². The minimum absolute atomic E-state index is 0.614. The minimum Gasteiger partial charge on any atom is -0.396 e. The zero-order chi connectivity index (χ0) is 15.1. The normalized spacial score (nSPS) is 11.0. The fraction of sp³-hybridized carbons (Fsp3) is 0.200. The predicted octanol–water partition coefficient (Wildman–Crippen LogP) is 3.13. The van der Waals surface area contributed by atoms with Gasteiger partial charge in [0.2, 0.25) is 0 Å². The molecule has 0 bridgehead atoms. The average Bonchev–Trinajstić information content (AvgIpc) is 2.95. The molecule has 2 aromatic heterocycles. The highest BCUT2D eigenvalue weighted by Gasteiger charge is 2.14. The molecule has 3 rings (SSSR count). The summed E-state index contributed by atoms with van der Waals surface area (Å²) < 4.78 is 3.49. The van der Waals surface area contributed by atoms with E-state index in [1.54, 1.807) is 15.6 Å². The number of hydrogen-bond donors (Lipinski definition) is 1. The van der Waals surface area contributed by atoms with E-state index in [0.717, 1.165) is 28.2 Å². The number of nitrogens with zero attached hydrogens (tertiary/aromatic N) is 4. The Morgan fingerprint density at radius 3 is 2.52 bits per heavy atom. The summed E-state index contributed by atoms with van der Waals surface area (Å²) >= 11 is 6.17. The molecule has 0 atom stereocenters. The monoisotopic (exact) mass is 301 g/mol. The molecular weight excluding hydrogens is 286 g/mol. The molecule has 0 saturated heterocycles. The first-order valence-corrected chi connectivity index (χ1v) is 6.96. The van der Waals surface area contributed by atoms with Gasteiger partial charge in [-0.25, -0.2) is 4.68 Å². The molecule has 5 nitrogen and oxygen atoms in total. The van der Waals surface area contributed by atoms with Crippen LogP contribution in [0, 0.1) is 13.8 Å². The van der Waals surface area contributed by atoms with Crippen molar-refractivity contribution in [3.63, 3.8) is 0 Å². The quantitative estimate of drug-likeness (QED) is 0.791. The van der Waals surface area contributed by atoms with Crippen molar-refractivity contribution in [2.75, 3.05) is 5.73 Å². The second-order valence-electron chi connectivity index (χ2n) is 5.11. The molecule has 6 heteroatoms. The van der Waals surface area contributed by atoms with Crippen LogP contribution in [0.5, 0.6) is 0 Å². The van der Waals surface area contributed by atoms with Gasteiger partial charge in [0.1, 0.15) is 5.69 Å². The number of rotatable bonds is 2. The van der Waals surface area contributed by atoms with Crippen LogP contribution in [0.15, 0.2) is 30.6 Å². The number of hydrogen-bond acceptors (Lipinski definition) is 3. The minimum atomic E-state index is 0.614. The fourth-order valence-corrected chi connectivity index (χ4v) is 2.46. The lowest BCUT2D eigenvalue weighted by Gasteiger charge is -2.03. The number of aromatic nitrogens is 4. The third-order valence-corrected chi connectivity index (χ3v) is 3.84. The molecule has 0 radical (unpaired) electrons. The van der Waals surface area contributed by atoms with Crippen molar-refractivity contribution >= 4 is 17.3 Å². The van der Waals surface area contributed by atoms with Crippen molar-refractivity contribution in [1.29, 1.82) is 0 Å². The summed E-state index contributed by atoms with van der Waals surface area (Å²) in [5, 5.41) is 9.61. The first-order chi connectivity index (χ1) is 9.95. The first-order valence-electron chi connectivity index (χ1n) is 6.58. The van der Waals surface area contributed by atoms with E-state index >= 15 is 0 Å². The maximum absolute atomic E-state index is 6.17. The summed E-state index contributed by atoms with van der Waals surface area (Å²) in [4.78, 5) is 0. The zero-order valence-electron chi connectivity index (χ0n) is 12.1. The van der Waals surface area contributed by atoms with Crippen molar-refractivity contribution in [3.8, 4) is 16.9 Å². The van der Waals surface area contributed by atoms with E-state index in [-0.39, 0.29) is 0 Å². The van der Waals surface area contributed by atoms with Crippen LogP contribution >= 0.6 is 11.6 Å². The van der Waals surface area contributed by atoms with Gasteiger partial charge >= 0.3 is 0 Å². The van der Waals surface area contributed by atoms with E-state index in [2.05, 4.69) is 10.2 Å². The highest BCUT2D eigenvalue weighted by atomic mass is 35.5. The molecule has 2 heterocycles. The van der Waals surface area contributed by atoms with Gasteiger partial charge < -0.3 is 5.73 Å². The summed E-state index contributed by atoms with van der Waals surface area (Å²) in [5.41, 5.74) is 11.2.